The van der Waals surface area contributed by atoms with E-state index in [1.165, 1.54) is 9.80 Å². The van der Waals surface area contributed by atoms with Crippen molar-refractivity contribution in [2.75, 3.05) is 36.4 Å². The molecule has 2 aromatic rings. The lowest BCUT2D eigenvalue weighted by molar-refractivity contribution is -0.255. The molecule has 0 radical (unpaired) electrons. The Balaban J connectivity index is 1.78. The number of urea groups is 1. The summed E-state index contributed by atoms with van der Waals surface area (Å²) in [6.07, 6.45) is -5.04. The Bertz CT molecular complexity index is 1100. The Kier molecular flexibility index (Phi) is 6.76. The minimum Gasteiger partial charge on any atom is -0.545 e. The number of aromatic nitrogens is 1. The van der Waals surface area contributed by atoms with Crippen molar-refractivity contribution in [1.82, 2.24) is 9.88 Å². The number of hydrogen-bond acceptors (Lipinski definition) is 6. The Morgan fingerprint density at radius 1 is 1.18 bits per heavy atom. The number of rotatable bonds is 4. The normalized spacial score (nSPS) is 14.2. The lowest BCUT2D eigenvalue weighted by atomic mass is 10.0. The summed E-state index contributed by atoms with van der Waals surface area (Å²) in [5, 5.41) is 23.3. The molecule has 2 amide bonds. The van der Waals surface area contributed by atoms with Gasteiger partial charge < -0.3 is 25.0 Å². The molecule has 1 fully saturated rings. The standard InChI is InChI=1S/C22H22F3N5O3/c1-13(2)15-5-3-4-6-17(15)27-21(33)30-9-7-29(8-10-30)19-14(12-26)11-16(20(31)32)18(28-19)22(23,24)25/h3-6,11,13H,7-10H2,1-2H3,(H,27,33)(H,31,32)/p-1. The molecule has 0 spiro atoms. The van der Waals surface area contributed by atoms with Crippen LogP contribution in [-0.2, 0) is 6.18 Å². The van der Waals surface area contributed by atoms with Gasteiger partial charge in [0.15, 0.2) is 5.69 Å². The molecule has 1 N–H and O–H groups in total. The lowest BCUT2D eigenvalue weighted by Crippen LogP contribution is -2.50. The van der Waals surface area contributed by atoms with E-state index < -0.39 is 23.4 Å². The summed E-state index contributed by atoms with van der Waals surface area (Å²) in [7, 11) is 0. The molecule has 0 atom stereocenters. The number of nitriles is 1. The zero-order chi connectivity index (χ0) is 24.3. The molecule has 0 aliphatic carbocycles. The van der Waals surface area contributed by atoms with E-state index in [1.54, 1.807) is 12.1 Å². The number of carbonyl (C=O) groups is 2. The van der Waals surface area contributed by atoms with E-state index in [0.29, 0.717) is 11.8 Å². The molecule has 2 heterocycles. The van der Waals surface area contributed by atoms with E-state index in [1.807, 2.05) is 32.0 Å². The summed E-state index contributed by atoms with van der Waals surface area (Å²) in [6.45, 7) is 4.58. The molecular weight excluding hydrogens is 439 g/mol. The van der Waals surface area contributed by atoms with Crippen LogP contribution >= 0.6 is 0 Å². The fourth-order valence-electron chi connectivity index (χ4n) is 3.63. The monoisotopic (exact) mass is 460 g/mol. The van der Waals surface area contributed by atoms with Gasteiger partial charge in [0, 0.05) is 37.4 Å². The number of amides is 2. The van der Waals surface area contributed by atoms with E-state index in [4.69, 9.17) is 0 Å². The highest BCUT2D eigenvalue weighted by atomic mass is 19.4. The van der Waals surface area contributed by atoms with Gasteiger partial charge in [-0.15, -0.1) is 0 Å². The molecular formula is C22H21F3N5O3-. The van der Waals surface area contributed by atoms with Crippen molar-refractivity contribution < 1.29 is 27.9 Å². The summed E-state index contributed by atoms with van der Waals surface area (Å²) >= 11 is 0. The number of hydrogen-bond donors (Lipinski definition) is 1. The fourth-order valence-corrected chi connectivity index (χ4v) is 3.63. The molecule has 174 valence electrons. The number of carboxylic acid groups (broad SMARTS) is 1. The molecule has 3 rings (SSSR count). The van der Waals surface area contributed by atoms with E-state index >= 15 is 0 Å². The molecule has 1 aliphatic rings. The maximum atomic E-state index is 13.3. The van der Waals surface area contributed by atoms with Gasteiger partial charge in [-0.25, -0.2) is 9.78 Å². The third-order valence-corrected chi connectivity index (χ3v) is 5.30. The third-order valence-electron chi connectivity index (χ3n) is 5.30. The van der Waals surface area contributed by atoms with E-state index in [-0.39, 0.29) is 49.5 Å². The van der Waals surface area contributed by atoms with Crippen molar-refractivity contribution in [3.05, 3.63) is 52.7 Å². The average Bonchev–Trinajstić information content (AvgIpc) is 2.77. The van der Waals surface area contributed by atoms with Gasteiger partial charge in [0.05, 0.1) is 11.5 Å². The van der Waals surface area contributed by atoms with Crippen molar-refractivity contribution in [2.45, 2.75) is 25.9 Å². The molecule has 1 saturated heterocycles. The zero-order valence-corrected chi connectivity index (χ0v) is 17.9. The molecule has 11 heteroatoms. The number of nitrogens with zero attached hydrogens (tertiary/aromatic N) is 4. The third kappa shape index (κ3) is 5.16. The smallest absolute Gasteiger partial charge is 0.434 e. The van der Waals surface area contributed by atoms with Crippen LogP contribution in [0.25, 0.3) is 0 Å². The predicted molar refractivity (Wildman–Crippen MR) is 112 cm³/mol. The second-order valence-electron chi connectivity index (χ2n) is 7.80. The van der Waals surface area contributed by atoms with Crippen LogP contribution in [0, 0.1) is 11.3 Å². The fraction of sp³-hybridized carbons (Fsp3) is 0.364. The Morgan fingerprint density at radius 2 is 1.82 bits per heavy atom. The van der Waals surface area contributed by atoms with Crippen molar-refractivity contribution in [3.63, 3.8) is 0 Å². The predicted octanol–water partition coefficient (Wildman–Crippen LogP) is 2.81. The van der Waals surface area contributed by atoms with E-state index in [9.17, 15) is 33.1 Å². The molecule has 0 bridgehead atoms. The summed E-state index contributed by atoms with van der Waals surface area (Å²) in [5.41, 5.74) is -1.47. The Morgan fingerprint density at radius 3 is 2.36 bits per heavy atom. The molecule has 8 nitrogen and oxygen atoms in total. The largest absolute Gasteiger partial charge is 0.545 e. The van der Waals surface area contributed by atoms with Crippen LogP contribution in [0.4, 0.5) is 29.5 Å². The van der Waals surface area contributed by atoms with Crippen LogP contribution < -0.4 is 15.3 Å². The van der Waals surface area contributed by atoms with Gasteiger partial charge in [0.25, 0.3) is 0 Å². The number of nitrogens with one attached hydrogen (secondary N) is 1. The number of alkyl halides is 3. The Hall–Kier alpha value is -3.81. The van der Waals surface area contributed by atoms with Crippen molar-refractivity contribution >= 4 is 23.5 Å². The first-order valence-corrected chi connectivity index (χ1v) is 10.2. The summed E-state index contributed by atoms with van der Waals surface area (Å²) in [5.74, 6) is -2.15. The van der Waals surface area contributed by atoms with Crippen LogP contribution in [0.15, 0.2) is 30.3 Å². The summed E-state index contributed by atoms with van der Waals surface area (Å²) in [6, 6.07) is 9.38. The number of pyridine rings is 1. The number of anilines is 2. The summed E-state index contributed by atoms with van der Waals surface area (Å²) in [4.78, 5) is 30.3. The lowest BCUT2D eigenvalue weighted by Gasteiger charge is -2.36. The molecule has 33 heavy (non-hydrogen) atoms. The number of para-hydroxylation sites is 1. The van der Waals surface area contributed by atoms with Crippen LogP contribution in [0.2, 0.25) is 0 Å². The summed E-state index contributed by atoms with van der Waals surface area (Å²) < 4.78 is 40.0. The van der Waals surface area contributed by atoms with Gasteiger partial charge in [0.2, 0.25) is 0 Å². The van der Waals surface area contributed by atoms with Crippen LogP contribution in [0.1, 0.15) is 46.9 Å². The second kappa shape index (κ2) is 9.36. The van der Waals surface area contributed by atoms with Crippen molar-refractivity contribution in [1.29, 1.82) is 5.26 Å². The van der Waals surface area contributed by atoms with E-state index in [2.05, 4.69) is 10.3 Å². The minimum atomic E-state index is -5.04. The maximum Gasteiger partial charge on any atom is 0.434 e. The number of aromatic carboxylic acids is 1. The van der Waals surface area contributed by atoms with Crippen molar-refractivity contribution in [3.8, 4) is 6.07 Å². The molecule has 1 aliphatic heterocycles. The van der Waals surface area contributed by atoms with Crippen LogP contribution in [0.3, 0.4) is 0 Å². The highest BCUT2D eigenvalue weighted by Crippen LogP contribution is 2.34. The molecule has 0 unspecified atom stereocenters. The second-order valence-corrected chi connectivity index (χ2v) is 7.80. The van der Waals surface area contributed by atoms with Gasteiger partial charge >= 0.3 is 12.2 Å². The number of benzene rings is 1. The van der Waals surface area contributed by atoms with Gasteiger partial charge in [-0.3, -0.25) is 0 Å². The number of carbonyl (C=O) groups excluding carboxylic acids is 2. The highest BCUT2D eigenvalue weighted by Gasteiger charge is 2.38. The van der Waals surface area contributed by atoms with Crippen LogP contribution in [-0.4, -0.2) is 48.1 Å². The first-order valence-electron chi connectivity index (χ1n) is 10.2. The van der Waals surface area contributed by atoms with Gasteiger partial charge in [-0.2, -0.15) is 18.4 Å². The van der Waals surface area contributed by atoms with Crippen molar-refractivity contribution in [2.24, 2.45) is 0 Å². The quantitative estimate of drug-likeness (QED) is 0.751. The average molecular weight is 460 g/mol. The highest BCUT2D eigenvalue weighted by molar-refractivity contribution is 5.90. The number of halogens is 3. The van der Waals surface area contributed by atoms with E-state index in [0.717, 1.165) is 5.56 Å². The molecule has 0 saturated carbocycles. The van der Waals surface area contributed by atoms with Gasteiger partial charge in [0.1, 0.15) is 11.9 Å². The zero-order valence-electron chi connectivity index (χ0n) is 17.9. The maximum absolute atomic E-state index is 13.3. The van der Waals surface area contributed by atoms with Gasteiger partial charge in [-0.1, -0.05) is 32.0 Å². The number of piperazine rings is 1. The molecule has 1 aromatic heterocycles. The first kappa shape index (κ1) is 23.8. The van der Waals surface area contributed by atoms with Gasteiger partial charge in [-0.05, 0) is 23.6 Å². The SMILES string of the molecule is CC(C)c1ccccc1NC(=O)N1CCN(c2nc(C(F)(F)F)c(C(=O)[O-])cc2C#N)CC1. The molecule has 1 aromatic carbocycles. The van der Waals surface area contributed by atoms with Crippen LogP contribution in [0.5, 0.6) is 0 Å². The number of carboxylic acids is 1. The first-order chi connectivity index (χ1) is 15.5. The topological polar surface area (TPSA) is 112 Å². The minimum absolute atomic E-state index is 0.114. The Labute approximate surface area is 188 Å².